The number of ether oxygens (including phenoxy) is 1. The molecule has 0 aliphatic carbocycles. The molecule has 0 bridgehead atoms. The normalized spacial score (nSPS) is 16.5. The van der Waals surface area contributed by atoms with Crippen LogP contribution < -0.4 is 15.5 Å². The number of anilines is 2. The molecule has 1 saturated heterocycles. The third-order valence-corrected chi connectivity index (χ3v) is 7.60. The van der Waals surface area contributed by atoms with Gasteiger partial charge in [-0.05, 0) is 98.7 Å². The summed E-state index contributed by atoms with van der Waals surface area (Å²) in [4.78, 5) is 30.5. The van der Waals surface area contributed by atoms with Crippen molar-refractivity contribution in [2.24, 2.45) is 0 Å². The maximum Gasteiger partial charge on any atom is 0.335 e. The molecule has 1 aliphatic heterocycles. The quantitative estimate of drug-likeness (QED) is 0.247. The predicted octanol–water partition coefficient (Wildman–Crippen LogP) is 5.26. The van der Waals surface area contributed by atoms with Crippen LogP contribution in [-0.4, -0.2) is 45.4 Å². The molecular weight excluding hydrogens is 538 g/mol. The van der Waals surface area contributed by atoms with Crippen LogP contribution in [0.25, 0.3) is 5.69 Å². The monoisotopic (exact) mass is 569 g/mol. The highest BCUT2D eigenvalue weighted by Crippen LogP contribution is 2.44. The SMILES string of the molecule is COCC(=O)Nc1ccc(N2C(=S)NC(c3ccccn3)C2c2cc(C)n(-c3cc(C(=O)O)ccc3C)c2C)cc1. The number of amides is 1. The Bertz CT molecular complexity index is 1620. The van der Waals surface area contributed by atoms with E-state index in [-0.39, 0.29) is 30.2 Å². The third-order valence-electron chi connectivity index (χ3n) is 7.29. The highest BCUT2D eigenvalue weighted by atomic mass is 32.1. The molecule has 0 radical (unpaired) electrons. The van der Waals surface area contributed by atoms with Crippen molar-refractivity contribution in [3.63, 3.8) is 0 Å². The van der Waals surface area contributed by atoms with Crippen molar-refractivity contribution in [1.82, 2.24) is 14.9 Å². The van der Waals surface area contributed by atoms with Crippen molar-refractivity contribution in [2.45, 2.75) is 32.9 Å². The van der Waals surface area contributed by atoms with Gasteiger partial charge >= 0.3 is 5.97 Å². The molecule has 0 spiro atoms. The van der Waals surface area contributed by atoms with E-state index in [9.17, 15) is 14.7 Å². The molecule has 1 fully saturated rings. The standard InChI is InChI=1S/C31H31N5O4S/c1-18-8-9-21(30(38)39)16-26(18)35-19(2)15-24(20(35)3)29-28(25-7-5-6-14-32-25)34-31(41)36(29)23-12-10-22(11-13-23)33-27(37)17-40-4/h5-16,28-29H,17H2,1-4H3,(H,33,37)(H,34,41)(H,38,39). The number of carboxylic acids is 1. The number of carbonyl (C=O) groups excluding carboxylic acids is 1. The fourth-order valence-corrected chi connectivity index (χ4v) is 5.77. The van der Waals surface area contributed by atoms with E-state index in [0.29, 0.717) is 10.8 Å². The van der Waals surface area contributed by atoms with Crippen molar-refractivity contribution in [1.29, 1.82) is 0 Å². The summed E-state index contributed by atoms with van der Waals surface area (Å²) in [5.41, 5.74) is 7.33. The number of aromatic carboxylic acids is 1. The summed E-state index contributed by atoms with van der Waals surface area (Å²) in [5.74, 6) is -1.20. The van der Waals surface area contributed by atoms with E-state index >= 15 is 0 Å². The van der Waals surface area contributed by atoms with Gasteiger partial charge < -0.3 is 29.9 Å². The number of pyridine rings is 1. The van der Waals surface area contributed by atoms with E-state index in [4.69, 9.17) is 17.0 Å². The Morgan fingerprint density at radius 1 is 1.07 bits per heavy atom. The lowest BCUT2D eigenvalue weighted by molar-refractivity contribution is -0.119. The number of aromatic nitrogens is 2. The number of hydrogen-bond acceptors (Lipinski definition) is 5. The van der Waals surface area contributed by atoms with Gasteiger partial charge in [-0.2, -0.15) is 0 Å². The van der Waals surface area contributed by atoms with Crippen LogP contribution in [0.3, 0.4) is 0 Å². The molecule has 2 atom stereocenters. The smallest absolute Gasteiger partial charge is 0.335 e. The number of hydrogen-bond donors (Lipinski definition) is 3. The Kier molecular flexibility index (Phi) is 7.87. The lowest BCUT2D eigenvalue weighted by atomic mass is 9.96. The fraction of sp³-hybridized carbons (Fsp3) is 0.226. The number of rotatable bonds is 8. The molecule has 2 aromatic carbocycles. The zero-order valence-electron chi connectivity index (χ0n) is 23.2. The number of carboxylic acid groups (broad SMARTS) is 1. The number of methoxy groups -OCH3 is 1. The molecule has 2 unspecified atom stereocenters. The van der Waals surface area contributed by atoms with E-state index in [1.165, 1.54) is 7.11 Å². The van der Waals surface area contributed by atoms with Gasteiger partial charge in [0.25, 0.3) is 0 Å². The number of aryl methyl sites for hydroxylation is 2. The first-order valence-electron chi connectivity index (χ1n) is 13.1. The summed E-state index contributed by atoms with van der Waals surface area (Å²) in [6, 6.07) is 20.1. The molecule has 1 aliphatic rings. The number of thiocarbonyl (C=S) groups is 1. The second-order valence-corrected chi connectivity index (χ2v) is 10.4. The molecule has 1 amide bonds. The summed E-state index contributed by atoms with van der Waals surface area (Å²) >= 11 is 5.89. The number of nitrogens with one attached hydrogen (secondary N) is 2. The highest BCUT2D eigenvalue weighted by molar-refractivity contribution is 7.80. The van der Waals surface area contributed by atoms with Gasteiger partial charge in [-0.3, -0.25) is 9.78 Å². The van der Waals surface area contributed by atoms with Crippen LogP contribution in [0.15, 0.2) is 72.9 Å². The second-order valence-electron chi connectivity index (χ2n) is 9.99. The van der Waals surface area contributed by atoms with Crippen molar-refractivity contribution in [3.8, 4) is 5.69 Å². The van der Waals surface area contributed by atoms with Gasteiger partial charge in [-0.25, -0.2) is 4.79 Å². The minimum atomic E-state index is -0.970. The van der Waals surface area contributed by atoms with Gasteiger partial charge in [0.1, 0.15) is 6.61 Å². The molecule has 9 nitrogen and oxygen atoms in total. The summed E-state index contributed by atoms with van der Waals surface area (Å²) in [5, 5.41) is 16.5. The summed E-state index contributed by atoms with van der Waals surface area (Å²) in [6.45, 7) is 6.00. The van der Waals surface area contributed by atoms with Crippen molar-refractivity contribution >= 4 is 40.6 Å². The van der Waals surface area contributed by atoms with E-state index in [0.717, 1.165) is 39.6 Å². The minimum Gasteiger partial charge on any atom is -0.478 e. The first-order chi connectivity index (χ1) is 19.7. The Balaban J connectivity index is 1.61. The van der Waals surface area contributed by atoms with Crippen LogP contribution in [0.4, 0.5) is 11.4 Å². The van der Waals surface area contributed by atoms with E-state index in [1.807, 2.05) is 69.3 Å². The maximum absolute atomic E-state index is 12.0. The maximum atomic E-state index is 12.0. The molecule has 3 heterocycles. The Labute approximate surface area is 243 Å². The van der Waals surface area contributed by atoms with E-state index in [2.05, 4.69) is 31.2 Å². The molecule has 210 valence electrons. The van der Waals surface area contributed by atoms with Crippen molar-refractivity contribution in [2.75, 3.05) is 23.9 Å². The fourth-order valence-electron chi connectivity index (χ4n) is 5.42. The van der Waals surface area contributed by atoms with E-state index in [1.54, 1.807) is 18.3 Å². The minimum absolute atomic E-state index is 0.0276. The van der Waals surface area contributed by atoms with Crippen LogP contribution in [0, 0.1) is 20.8 Å². The molecule has 0 saturated carbocycles. The molecule has 2 aromatic heterocycles. The van der Waals surface area contributed by atoms with Crippen LogP contribution in [-0.2, 0) is 9.53 Å². The summed E-state index contributed by atoms with van der Waals surface area (Å²) in [7, 11) is 1.48. The van der Waals surface area contributed by atoms with E-state index < -0.39 is 5.97 Å². The van der Waals surface area contributed by atoms with Gasteiger partial charge in [0.2, 0.25) is 5.91 Å². The van der Waals surface area contributed by atoms with Gasteiger partial charge in [0.05, 0.1) is 23.3 Å². The van der Waals surface area contributed by atoms with Crippen LogP contribution >= 0.6 is 12.2 Å². The average molecular weight is 570 g/mol. The molecule has 3 N–H and O–H groups in total. The van der Waals surface area contributed by atoms with Gasteiger partial charge in [-0.15, -0.1) is 0 Å². The second kappa shape index (κ2) is 11.5. The van der Waals surface area contributed by atoms with Gasteiger partial charge in [-0.1, -0.05) is 12.1 Å². The predicted molar refractivity (Wildman–Crippen MR) is 162 cm³/mol. The van der Waals surface area contributed by atoms with Gasteiger partial charge in [0, 0.05) is 41.8 Å². The lowest BCUT2D eigenvalue weighted by Crippen LogP contribution is -2.29. The van der Waals surface area contributed by atoms with Crippen molar-refractivity contribution < 1.29 is 19.4 Å². The summed E-state index contributed by atoms with van der Waals surface area (Å²) < 4.78 is 7.01. The molecule has 4 aromatic rings. The Hall–Kier alpha value is -4.54. The number of benzene rings is 2. The average Bonchev–Trinajstić information content (AvgIpc) is 3.44. The molecule has 10 heteroatoms. The largest absolute Gasteiger partial charge is 0.478 e. The number of nitrogens with zero attached hydrogens (tertiary/aromatic N) is 3. The highest BCUT2D eigenvalue weighted by Gasteiger charge is 2.42. The first-order valence-corrected chi connectivity index (χ1v) is 13.5. The lowest BCUT2D eigenvalue weighted by Gasteiger charge is -2.28. The van der Waals surface area contributed by atoms with Gasteiger partial charge in [0.15, 0.2) is 5.11 Å². The molecule has 5 rings (SSSR count). The topological polar surface area (TPSA) is 109 Å². The number of carbonyl (C=O) groups is 2. The molecular formula is C31H31N5O4S. The Morgan fingerprint density at radius 2 is 1.83 bits per heavy atom. The first kappa shape index (κ1) is 28.0. The van der Waals surface area contributed by atoms with Crippen molar-refractivity contribution in [3.05, 3.63) is 107 Å². The zero-order valence-corrected chi connectivity index (χ0v) is 24.0. The van der Waals surface area contributed by atoms with Crippen LogP contribution in [0.2, 0.25) is 0 Å². The summed E-state index contributed by atoms with van der Waals surface area (Å²) in [6.07, 6.45) is 1.77. The zero-order chi connectivity index (χ0) is 29.3. The van der Waals surface area contributed by atoms with Crippen LogP contribution in [0.5, 0.6) is 0 Å². The Morgan fingerprint density at radius 3 is 2.49 bits per heavy atom. The van der Waals surface area contributed by atoms with Crippen LogP contribution in [0.1, 0.15) is 50.7 Å². The third kappa shape index (κ3) is 5.44. The molecule has 41 heavy (non-hydrogen) atoms.